The van der Waals surface area contributed by atoms with Gasteiger partial charge in [0.15, 0.2) is 0 Å². The minimum Gasteiger partial charge on any atom is -0.271 e. The number of hydrogen-bond acceptors (Lipinski definition) is 3. The normalized spacial score (nSPS) is 12.4. The lowest BCUT2D eigenvalue weighted by Crippen LogP contribution is -2.29. The van der Waals surface area contributed by atoms with Gasteiger partial charge in [0, 0.05) is 9.92 Å². The molecule has 2 nitrogen and oxygen atoms in total. The van der Waals surface area contributed by atoms with Gasteiger partial charge in [-0.25, -0.2) is 9.82 Å². The Bertz CT molecular complexity index is 577. The lowest BCUT2D eigenvalue weighted by Gasteiger charge is -2.20. The van der Waals surface area contributed by atoms with Gasteiger partial charge >= 0.3 is 0 Å². The highest BCUT2D eigenvalue weighted by Crippen LogP contribution is 2.33. The van der Waals surface area contributed by atoms with Crippen molar-refractivity contribution in [2.24, 2.45) is 5.84 Å². The van der Waals surface area contributed by atoms with Crippen LogP contribution in [-0.4, -0.2) is 6.26 Å². The van der Waals surface area contributed by atoms with E-state index in [0.29, 0.717) is 10.6 Å². The summed E-state index contributed by atoms with van der Waals surface area (Å²) < 4.78 is 13.4. The Morgan fingerprint density at radius 1 is 1.21 bits per heavy atom. The first-order chi connectivity index (χ1) is 9.17. The minimum absolute atomic E-state index is 0.332. The molecule has 5 heteroatoms. The van der Waals surface area contributed by atoms with Gasteiger partial charge < -0.3 is 0 Å². The highest BCUT2D eigenvalue weighted by molar-refractivity contribution is 7.98. The SMILES string of the molecule is CSc1ccccc1C(NN)c1cc(F)ccc1Cl. The van der Waals surface area contributed by atoms with Crippen molar-refractivity contribution in [1.82, 2.24) is 5.43 Å². The Morgan fingerprint density at radius 3 is 2.63 bits per heavy atom. The lowest BCUT2D eigenvalue weighted by molar-refractivity contribution is 0.601. The highest BCUT2D eigenvalue weighted by atomic mass is 35.5. The largest absolute Gasteiger partial charge is 0.271 e. The van der Waals surface area contributed by atoms with Crippen molar-refractivity contribution < 1.29 is 4.39 Å². The fourth-order valence-electron chi connectivity index (χ4n) is 1.99. The molecule has 0 saturated heterocycles. The lowest BCUT2D eigenvalue weighted by atomic mass is 9.99. The maximum Gasteiger partial charge on any atom is 0.123 e. The van der Waals surface area contributed by atoms with Gasteiger partial charge in [0.25, 0.3) is 0 Å². The van der Waals surface area contributed by atoms with Crippen molar-refractivity contribution in [3.8, 4) is 0 Å². The van der Waals surface area contributed by atoms with Gasteiger partial charge in [0.1, 0.15) is 5.82 Å². The van der Waals surface area contributed by atoms with E-state index in [1.54, 1.807) is 11.8 Å². The molecule has 1 unspecified atom stereocenters. The minimum atomic E-state index is -0.341. The van der Waals surface area contributed by atoms with Gasteiger partial charge in [0.05, 0.1) is 6.04 Å². The second-order valence-corrected chi connectivity index (χ2v) is 5.26. The first-order valence-electron chi connectivity index (χ1n) is 5.71. The van der Waals surface area contributed by atoms with Crippen molar-refractivity contribution in [2.75, 3.05) is 6.26 Å². The molecule has 2 aromatic carbocycles. The molecule has 0 heterocycles. The van der Waals surface area contributed by atoms with Crippen LogP contribution in [0.25, 0.3) is 0 Å². The molecule has 2 rings (SSSR count). The third-order valence-corrected chi connectivity index (χ3v) is 4.04. The maximum absolute atomic E-state index is 13.4. The van der Waals surface area contributed by atoms with Crippen molar-refractivity contribution in [2.45, 2.75) is 10.9 Å². The first kappa shape index (κ1) is 14.3. The van der Waals surface area contributed by atoms with Crippen LogP contribution in [0.2, 0.25) is 5.02 Å². The molecule has 1 atom stereocenters. The molecule has 0 aliphatic heterocycles. The fourth-order valence-corrected chi connectivity index (χ4v) is 2.85. The van der Waals surface area contributed by atoms with Crippen LogP contribution in [0.15, 0.2) is 47.4 Å². The van der Waals surface area contributed by atoms with Crippen molar-refractivity contribution in [1.29, 1.82) is 0 Å². The van der Waals surface area contributed by atoms with Crippen LogP contribution in [0, 0.1) is 5.82 Å². The molecule has 100 valence electrons. The van der Waals surface area contributed by atoms with Crippen LogP contribution < -0.4 is 11.3 Å². The zero-order valence-corrected chi connectivity index (χ0v) is 11.9. The molecular weight excluding hydrogens is 283 g/mol. The van der Waals surface area contributed by atoms with E-state index in [0.717, 1.165) is 10.5 Å². The van der Waals surface area contributed by atoms with Crippen LogP contribution in [0.5, 0.6) is 0 Å². The van der Waals surface area contributed by atoms with Crippen molar-refractivity contribution in [3.63, 3.8) is 0 Å². The molecule has 0 radical (unpaired) electrons. The predicted octanol–water partition coefficient (Wildman–Crippen LogP) is 3.75. The zero-order chi connectivity index (χ0) is 13.8. The van der Waals surface area contributed by atoms with Gasteiger partial charge in [-0.1, -0.05) is 29.8 Å². The Kier molecular flexibility index (Phi) is 4.82. The van der Waals surface area contributed by atoms with Gasteiger partial charge in [-0.2, -0.15) is 0 Å². The van der Waals surface area contributed by atoms with E-state index in [-0.39, 0.29) is 11.9 Å². The third kappa shape index (κ3) is 3.09. The molecule has 0 aliphatic carbocycles. The topological polar surface area (TPSA) is 38.0 Å². The molecule has 2 aromatic rings. The Labute approximate surface area is 121 Å². The predicted molar refractivity (Wildman–Crippen MR) is 78.8 cm³/mol. The summed E-state index contributed by atoms with van der Waals surface area (Å²) >= 11 is 7.76. The van der Waals surface area contributed by atoms with E-state index < -0.39 is 0 Å². The zero-order valence-electron chi connectivity index (χ0n) is 10.4. The smallest absolute Gasteiger partial charge is 0.123 e. The Morgan fingerprint density at radius 2 is 1.95 bits per heavy atom. The molecule has 0 spiro atoms. The van der Waals surface area contributed by atoms with E-state index in [2.05, 4.69) is 5.43 Å². The molecule has 0 aliphatic rings. The summed E-state index contributed by atoms with van der Waals surface area (Å²) in [5.74, 6) is 5.31. The average molecular weight is 297 g/mol. The van der Waals surface area contributed by atoms with Gasteiger partial charge in [-0.3, -0.25) is 5.84 Å². The van der Waals surface area contributed by atoms with E-state index in [1.165, 1.54) is 18.2 Å². The number of thioether (sulfide) groups is 1. The fraction of sp³-hybridized carbons (Fsp3) is 0.143. The molecule has 3 N–H and O–H groups in total. The summed E-state index contributed by atoms with van der Waals surface area (Å²) in [5, 5.41) is 0.486. The Hall–Kier alpha value is -1.07. The summed E-state index contributed by atoms with van der Waals surface area (Å²) in [6.07, 6.45) is 1.99. The van der Waals surface area contributed by atoms with E-state index in [9.17, 15) is 4.39 Å². The van der Waals surface area contributed by atoms with Crippen LogP contribution in [0.3, 0.4) is 0 Å². The first-order valence-corrected chi connectivity index (χ1v) is 7.31. The van der Waals surface area contributed by atoms with Gasteiger partial charge in [-0.05, 0) is 41.6 Å². The molecule has 0 aromatic heterocycles. The molecule has 0 bridgehead atoms. The quantitative estimate of drug-likeness (QED) is 0.513. The third-order valence-electron chi connectivity index (χ3n) is 2.89. The van der Waals surface area contributed by atoms with Crippen molar-refractivity contribution in [3.05, 3.63) is 64.4 Å². The van der Waals surface area contributed by atoms with Crippen molar-refractivity contribution >= 4 is 23.4 Å². The highest BCUT2D eigenvalue weighted by Gasteiger charge is 2.18. The number of benzene rings is 2. The number of halogens is 2. The molecule has 0 saturated carbocycles. The molecule has 19 heavy (non-hydrogen) atoms. The number of hydrogen-bond donors (Lipinski definition) is 2. The second-order valence-electron chi connectivity index (χ2n) is 4.01. The van der Waals surface area contributed by atoms with E-state index in [1.807, 2.05) is 30.5 Å². The van der Waals surface area contributed by atoms with E-state index >= 15 is 0 Å². The number of nitrogens with one attached hydrogen (secondary N) is 1. The molecule has 0 amide bonds. The number of nitrogens with two attached hydrogens (primary N) is 1. The van der Waals surface area contributed by atoms with Crippen LogP contribution in [0.1, 0.15) is 17.2 Å². The maximum atomic E-state index is 13.4. The van der Waals surface area contributed by atoms with Crippen LogP contribution in [-0.2, 0) is 0 Å². The summed E-state index contributed by atoms with van der Waals surface area (Å²) in [7, 11) is 0. The second kappa shape index (κ2) is 6.39. The standard InChI is InChI=1S/C14H14ClFN2S/c1-19-13-5-3-2-4-10(13)14(18-17)11-8-9(16)6-7-12(11)15/h2-8,14,18H,17H2,1H3. The summed E-state index contributed by atoms with van der Waals surface area (Å²) in [6.45, 7) is 0. The molecule has 0 fully saturated rings. The number of rotatable bonds is 4. The average Bonchev–Trinajstić information content (AvgIpc) is 2.44. The summed E-state index contributed by atoms with van der Waals surface area (Å²) in [4.78, 5) is 1.07. The Balaban J connectivity index is 2.53. The van der Waals surface area contributed by atoms with Gasteiger partial charge in [0.2, 0.25) is 0 Å². The monoisotopic (exact) mass is 296 g/mol. The van der Waals surface area contributed by atoms with Crippen LogP contribution >= 0.6 is 23.4 Å². The summed E-state index contributed by atoms with van der Waals surface area (Å²) in [5.41, 5.74) is 4.32. The molecular formula is C14H14ClFN2S. The number of hydrazine groups is 1. The van der Waals surface area contributed by atoms with Crippen LogP contribution in [0.4, 0.5) is 4.39 Å². The van der Waals surface area contributed by atoms with Gasteiger partial charge in [-0.15, -0.1) is 11.8 Å². The van der Waals surface area contributed by atoms with E-state index in [4.69, 9.17) is 17.4 Å². The summed E-state index contributed by atoms with van der Waals surface area (Å²) in [6, 6.07) is 11.8.